The predicted octanol–water partition coefficient (Wildman–Crippen LogP) is 5.13. The molecule has 0 bridgehead atoms. The number of aromatic nitrogens is 2. The van der Waals surface area contributed by atoms with Crippen molar-refractivity contribution in [1.29, 1.82) is 0 Å². The third-order valence-corrected chi connectivity index (χ3v) is 4.42. The highest BCUT2D eigenvalue weighted by molar-refractivity contribution is 5.90. The molecule has 6 heteroatoms. The van der Waals surface area contributed by atoms with Gasteiger partial charge >= 0.3 is 6.03 Å². The molecule has 28 heavy (non-hydrogen) atoms. The van der Waals surface area contributed by atoms with E-state index >= 15 is 0 Å². The van der Waals surface area contributed by atoms with Crippen LogP contribution in [0.25, 0.3) is 17.0 Å². The van der Waals surface area contributed by atoms with E-state index in [-0.39, 0.29) is 6.03 Å². The van der Waals surface area contributed by atoms with Crippen LogP contribution in [0.15, 0.2) is 59.6 Å². The lowest BCUT2D eigenvalue weighted by atomic mass is 9.92. The average molecular weight is 376 g/mol. The molecule has 2 amide bonds. The largest absolute Gasteiger partial charge is 0.334 e. The Labute approximate surface area is 164 Å². The van der Waals surface area contributed by atoms with E-state index in [4.69, 9.17) is 4.52 Å². The number of aryl methyl sites for hydroxylation is 1. The zero-order valence-electron chi connectivity index (χ0n) is 16.5. The first-order valence-electron chi connectivity index (χ1n) is 9.01. The van der Waals surface area contributed by atoms with Gasteiger partial charge in [-0.15, -0.1) is 0 Å². The Hall–Kier alpha value is -3.41. The Morgan fingerprint density at radius 2 is 1.86 bits per heavy atom. The number of amides is 2. The molecule has 0 radical (unpaired) electrons. The first-order chi connectivity index (χ1) is 13.2. The van der Waals surface area contributed by atoms with Crippen LogP contribution in [-0.4, -0.2) is 16.2 Å². The highest BCUT2D eigenvalue weighted by Gasteiger charge is 2.23. The fourth-order valence-electron chi connectivity index (χ4n) is 2.80. The molecule has 2 N–H and O–H groups in total. The first-order valence-corrected chi connectivity index (χ1v) is 9.01. The molecular formula is C22H24N4O2. The summed E-state index contributed by atoms with van der Waals surface area (Å²) in [7, 11) is 0. The molecule has 0 atom stereocenters. The number of nitrogens with one attached hydrogen (secondary N) is 2. The zero-order valence-corrected chi connectivity index (χ0v) is 16.5. The van der Waals surface area contributed by atoms with Gasteiger partial charge in [-0.3, -0.25) is 0 Å². The van der Waals surface area contributed by atoms with Crippen LogP contribution < -0.4 is 10.6 Å². The molecule has 0 saturated heterocycles. The zero-order chi connectivity index (χ0) is 20.3. The van der Waals surface area contributed by atoms with Gasteiger partial charge in [0.15, 0.2) is 5.82 Å². The molecule has 0 aliphatic carbocycles. The first kappa shape index (κ1) is 19.4. The number of carbonyl (C=O) groups is 1. The molecular weight excluding hydrogens is 352 g/mol. The van der Waals surface area contributed by atoms with Crippen molar-refractivity contribution < 1.29 is 9.32 Å². The summed E-state index contributed by atoms with van der Waals surface area (Å²) >= 11 is 0. The van der Waals surface area contributed by atoms with Gasteiger partial charge in [0.2, 0.25) is 0 Å². The molecule has 1 heterocycles. The fourth-order valence-corrected chi connectivity index (χ4v) is 2.80. The Balaban J connectivity index is 1.67. The van der Waals surface area contributed by atoms with E-state index in [0.717, 1.165) is 22.3 Å². The van der Waals surface area contributed by atoms with Crippen molar-refractivity contribution >= 4 is 17.3 Å². The lowest BCUT2D eigenvalue weighted by molar-refractivity contribution is 0.242. The maximum atomic E-state index is 12.5. The highest BCUT2D eigenvalue weighted by Crippen LogP contribution is 2.24. The maximum absolute atomic E-state index is 12.5. The van der Waals surface area contributed by atoms with Crippen molar-refractivity contribution in [3.63, 3.8) is 0 Å². The van der Waals surface area contributed by atoms with Crippen molar-refractivity contribution in [3.05, 3.63) is 72.1 Å². The van der Waals surface area contributed by atoms with E-state index in [9.17, 15) is 4.79 Å². The van der Waals surface area contributed by atoms with Crippen molar-refractivity contribution in [3.8, 4) is 11.5 Å². The Kier molecular flexibility index (Phi) is 5.31. The van der Waals surface area contributed by atoms with Crippen LogP contribution in [0.5, 0.6) is 0 Å². The second kappa shape index (κ2) is 7.68. The normalized spacial score (nSPS) is 11.1. The van der Waals surface area contributed by atoms with Gasteiger partial charge < -0.3 is 15.2 Å². The second-order valence-corrected chi connectivity index (χ2v) is 7.29. The van der Waals surface area contributed by atoms with Crippen LogP contribution >= 0.6 is 0 Å². The highest BCUT2D eigenvalue weighted by atomic mass is 16.5. The van der Waals surface area contributed by atoms with Gasteiger partial charge in [0.05, 0.1) is 5.54 Å². The SMILES string of the molecule is C=C(C)c1cccc(C(C)(C)NC(=O)Nc2ccc(-c3nc(C)no3)cc2)c1. The predicted molar refractivity (Wildman–Crippen MR) is 111 cm³/mol. The monoisotopic (exact) mass is 376 g/mol. The minimum absolute atomic E-state index is 0.285. The van der Waals surface area contributed by atoms with Crippen LogP contribution in [0.3, 0.4) is 0 Å². The molecule has 144 valence electrons. The molecule has 1 aromatic heterocycles. The van der Waals surface area contributed by atoms with E-state index in [1.54, 1.807) is 19.1 Å². The Bertz CT molecular complexity index is 1000. The van der Waals surface area contributed by atoms with Crippen LogP contribution in [0, 0.1) is 6.92 Å². The molecule has 3 rings (SSSR count). The van der Waals surface area contributed by atoms with E-state index in [1.165, 1.54) is 0 Å². The molecule has 0 aliphatic heterocycles. The summed E-state index contributed by atoms with van der Waals surface area (Å²) in [6.07, 6.45) is 0. The van der Waals surface area contributed by atoms with Gasteiger partial charge in [0.1, 0.15) is 0 Å². The van der Waals surface area contributed by atoms with Gasteiger partial charge in [-0.2, -0.15) is 4.98 Å². The number of allylic oxidation sites excluding steroid dienone is 1. The van der Waals surface area contributed by atoms with E-state index in [0.29, 0.717) is 17.4 Å². The van der Waals surface area contributed by atoms with Crippen molar-refractivity contribution in [1.82, 2.24) is 15.5 Å². The molecule has 0 fully saturated rings. The molecule has 0 spiro atoms. The number of carbonyl (C=O) groups excluding carboxylic acids is 1. The molecule has 6 nitrogen and oxygen atoms in total. The molecule has 3 aromatic rings. The Morgan fingerprint density at radius 1 is 1.14 bits per heavy atom. The summed E-state index contributed by atoms with van der Waals surface area (Å²) in [5.41, 5.74) is 3.97. The van der Waals surface area contributed by atoms with Gasteiger partial charge in [0.25, 0.3) is 5.89 Å². The summed E-state index contributed by atoms with van der Waals surface area (Å²) in [6, 6.07) is 15.0. The summed E-state index contributed by atoms with van der Waals surface area (Å²) < 4.78 is 5.15. The van der Waals surface area contributed by atoms with Crippen molar-refractivity contribution in [2.45, 2.75) is 33.2 Å². The van der Waals surface area contributed by atoms with Gasteiger partial charge in [-0.25, -0.2) is 4.79 Å². The molecule has 0 saturated carbocycles. The average Bonchev–Trinajstić information content (AvgIpc) is 3.08. The van der Waals surface area contributed by atoms with Crippen molar-refractivity contribution in [2.24, 2.45) is 0 Å². The van der Waals surface area contributed by atoms with Crippen LogP contribution in [0.4, 0.5) is 10.5 Å². The summed E-state index contributed by atoms with van der Waals surface area (Å²) in [5, 5.41) is 9.65. The minimum atomic E-state index is -0.545. The quantitative estimate of drug-likeness (QED) is 0.646. The van der Waals surface area contributed by atoms with E-state index < -0.39 is 5.54 Å². The summed E-state index contributed by atoms with van der Waals surface area (Å²) in [5.74, 6) is 1.03. The van der Waals surface area contributed by atoms with Crippen LogP contribution in [-0.2, 0) is 5.54 Å². The Morgan fingerprint density at radius 3 is 2.46 bits per heavy atom. The third kappa shape index (κ3) is 4.46. The van der Waals surface area contributed by atoms with E-state index in [2.05, 4.69) is 27.4 Å². The second-order valence-electron chi connectivity index (χ2n) is 7.29. The number of benzene rings is 2. The van der Waals surface area contributed by atoms with Crippen LogP contribution in [0.1, 0.15) is 37.7 Å². The minimum Gasteiger partial charge on any atom is -0.334 e. The standard InChI is InChI=1S/C22H24N4O2/c1-14(2)17-7-6-8-18(13-17)22(4,5)25-21(27)24-19-11-9-16(10-12-19)20-23-15(3)26-28-20/h6-13H,1H2,2-5H3,(H2,24,25,27). The summed E-state index contributed by atoms with van der Waals surface area (Å²) in [4.78, 5) is 16.7. The molecule has 2 aromatic carbocycles. The van der Waals surface area contributed by atoms with Gasteiger partial charge in [-0.1, -0.05) is 35.5 Å². The molecule has 0 unspecified atom stereocenters. The lowest BCUT2D eigenvalue weighted by Crippen LogP contribution is -2.43. The number of urea groups is 1. The third-order valence-electron chi connectivity index (χ3n) is 4.42. The fraction of sp³-hybridized carbons (Fsp3) is 0.227. The number of nitrogens with zero attached hydrogens (tertiary/aromatic N) is 2. The molecule has 0 aliphatic rings. The lowest BCUT2D eigenvalue weighted by Gasteiger charge is -2.27. The van der Waals surface area contributed by atoms with E-state index in [1.807, 2.05) is 57.2 Å². The number of anilines is 1. The number of hydrogen-bond donors (Lipinski definition) is 2. The summed E-state index contributed by atoms with van der Waals surface area (Å²) in [6.45, 7) is 11.6. The van der Waals surface area contributed by atoms with Crippen LogP contribution in [0.2, 0.25) is 0 Å². The van der Waals surface area contributed by atoms with Gasteiger partial charge in [0, 0.05) is 11.3 Å². The number of rotatable bonds is 5. The van der Waals surface area contributed by atoms with Crippen molar-refractivity contribution in [2.75, 3.05) is 5.32 Å². The number of hydrogen-bond acceptors (Lipinski definition) is 4. The smallest absolute Gasteiger partial charge is 0.319 e. The maximum Gasteiger partial charge on any atom is 0.319 e. The topological polar surface area (TPSA) is 80.0 Å². The van der Waals surface area contributed by atoms with Gasteiger partial charge in [-0.05, 0) is 69.2 Å².